The lowest BCUT2D eigenvalue weighted by molar-refractivity contribution is -0.118. The van der Waals surface area contributed by atoms with E-state index < -0.39 is 0 Å². The Morgan fingerprint density at radius 1 is 1.41 bits per heavy atom. The van der Waals surface area contributed by atoms with Crippen LogP contribution < -0.4 is 10.6 Å². The lowest BCUT2D eigenvalue weighted by Crippen LogP contribution is -2.27. The van der Waals surface area contributed by atoms with Crippen LogP contribution in [-0.2, 0) is 11.3 Å². The molecule has 1 fully saturated rings. The third-order valence-electron chi connectivity index (χ3n) is 2.64. The molecule has 2 rings (SSSR count). The number of carbonyl (C=O) groups is 1. The Labute approximate surface area is 106 Å². The first kappa shape index (κ1) is 12.5. The fourth-order valence-corrected chi connectivity index (χ4v) is 2.49. The summed E-state index contributed by atoms with van der Waals surface area (Å²) in [6.07, 6.45) is 2.29. The molecule has 0 spiro atoms. The first-order chi connectivity index (χ1) is 8.29. The molecule has 0 saturated heterocycles. The molecular weight excluding hydrogens is 232 g/mol. The second-order valence-corrected chi connectivity index (χ2v) is 5.29. The van der Waals surface area contributed by atoms with E-state index in [4.69, 9.17) is 0 Å². The highest BCUT2D eigenvalue weighted by Gasteiger charge is 2.23. The fraction of sp³-hybridized carbons (Fsp3) is 0.462. The quantitative estimate of drug-likeness (QED) is 0.756. The van der Waals surface area contributed by atoms with Crippen LogP contribution in [0.3, 0.4) is 0 Å². The van der Waals surface area contributed by atoms with Gasteiger partial charge in [0.25, 0.3) is 0 Å². The van der Waals surface area contributed by atoms with Gasteiger partial charge in [0.1, 0.15) is 0 Å². The molecule has 1 aromatic rings. The maximum atomic E-state index is 11.6. The van der Waals surface area contributed by atoms with E-state index in [-0.39, 0.29) is 5.91 Å². The van der Waals surface area contributed by atoms with Gasteiger partial charge in [-0.2, -0.15) is 0 Å². The van der Waals surface area contributed by atoms with Gasteiger partial charge in [-0.1, -0.05) is 18.2 Å². The number of hydrogen-bond donors (Lipinski definition) is 2. The molecular formula is C13H18N2OS. The molecule has 0 aliphatic heterocycles. The zero-order chi connectivity index (χ0) is 12.1. The van der Waals surface area contributed by atoms with Crippen molar-refractivity contribution in [3.63, 3.8) is 0 Å². The Morgan fingerprint density at radius 3 is 2.88 bits per heavy atom. The standard InChI is InChI=1S/C13H18N2OS/c1-14-8-10-4-2-3-5-12(10)17-9-13(16)15-11-6-7-11/h2-5,11,14H,6-9H2,1H3,(H,15,16). The lowest BCUT2D eigenvalue weighted by atomic mass is 10.2. The molecule has 3 nitrogen and oxygen atoms in total. The summed E-state index contributed by atoms with van der Waals surface area (Å²) in [5.74, 6) is 0.661. The van der Waals surface area contributed by atoms with Crippen LogP contribution >= 0.6 is 11.8 Å². The molecule has 0 bridgehead atoms. The Kier molecular flexibility index (Phi) is 4.45. The molecule has 0 radical (unpaired) electrons. The van der Waals surface area contributed by atoms with Crippen LogP contribution in [-0.4, -0.2) is 24.7 Å². The van der Waals surface area contributed by atoms with E-state index in [1.54, 1.807) is 11.8 Å². The largest absolute Gasteiger partial charge is 0.353 e. The van der Waals surface area contributed by atoms with E-state index in [2.05, 4.69) is 22.8 Å². The maximum absolute atomic E-state index is 11.6. The molecule has 0 atom stereocenters. The van der Waals surface area contributed by atoms with E-state index in [9.17, 15) is 4.79 Å². The van der Waals surface area contributed by atoms with Crippen molar-refractivity contribution < 1.29 is 4.79 Å². The molecule has 1 aliphatic carbocycles. The first-order valence-electron chi connectivity index (χ1n) is 5.94. The van der Waals surface area contributed by atoms with Gasteiger partial charge in [0.15, 0.2) is 0 Å². The molecule has 1 saturated carbocycles. The first-order valence-corrected chi connectivity index (χ1v) is 6.93. The summed E-state index contributed by atoms with van der Waals surface area (Å²) in [7, 11) is 1.93. The van der Waals surface area contributed by atoms with Crippen molar-refractivity contribution in [2.75, 3.05) is 12.8 Å². The highest BCUT2D eigenvalue weighted by Crippen LogP contribution is 2.23. The molecule has 1 aliphatic rings. The Hall–Kier alpha value is -1.00. The molecule has 2 N–H and O–H groups in total. The molecule has 92 valence electrons. The number of benzene rings is 1. The van der Waals surface area contributed by atoms with Gasteiger partial charge >= 0.3 is 0 Å². The zero-order valence-electron chi connectivity index (χ0n) is 10.0. The van der Waals surface area contributed by atoms with Gasteiger partial charge in [-0.15, -0.1) is 11.8 Å². The van der Waals surface area contributed by atoms with Crippen LogP contribution in [0.25, 0.3) is 0 Å². The van der Waals surface area contributed by atoms with Crippen molar-refractivity contribution >= 4 is 17.7 Å². The summed E-state index contributed by atoms with van der Waals surface area (Å²) in [6, 6.07) is 8.66. The fourth-order valence-electron chi connectivity index (χ4n) is 1.62. The third-order valence-corrected chi connectivity index (χ3v) is 3.76. The molecule has 4 heteroatoms. The van der Waals surface area contributed by atoms with Gasteiger partial charge in [-0.3, -0.25) is 4.79 Å². The summed E-state index contributed by atoms with van der Waals surface area (Å²) in [5, 5.41) is 6.14. The summed E-state index contributed by atoms with van der Waals surface area (Å²) in [6.45, 7) is 0.841. The van der Waals surface area contributed by atoms with E-state index in [1.165, 1.54) is 10.5 Å². The van der Waals surface area contributed by atoms with Crippen molar-refractivity contribution in [2.24, 2.45) is 0 Å². The monoisotopic (exact) mass is 250 g/mol. The molecule has 1 amide bonds. The Bertz CT molecular complexity index is 391. The van der Waals surface area contributed by atoms with Gasteiger partial charge in [-0.05, 0) is 31.5 Å². The van der Waals surface area contributed by atoms with Crippen molar-refractivity contribution in [1.29, 1.82) is 0 Å². The summed E-state index contributed by atoms with van der Waals surface area (Å²) in [4.78, 5) is 12.8. The maximum Gasteiger partial charge on any atom is 0.230 e. The number of rotatable bonds is 6. The third kappa shape index (κ3) is 4.06. The predicted octanol–water partition coefficient (Wildman–Crippen LogP) is 1.78. The van der Waals surface area contributed by atoms with Crippen LogP contribution in [0.1, 0.15) is 18.4 Å². The second kappa shape index (κ2) is 6.07. The highest BCUT2D eigenvalue weighted by molar-refractivity contribution is 8.00. The number of thioether (sulfide) groups is 1. The smallest absolute Gasteiger partial charge is 0.230 e. The Morgan fingerprint density at radius 2 is 2.18 bits per heavy atom. The molecule has 1 aromatic carbocycles. The predicted molar refractivity (Wildman–Crippen MR) is 71.1 cm³/mol. The average molecular weight is 250 g/mol. The zero-order valence-corrected chi connectivity index (χ0v) is 10.8. The minimum Gasteiger partial charge on any atom is -0.353 e. The van der Waals surface area contributed by atoms with Crippen molar-refractivity contribution in [3.05, 3.63) is 29.8 Å². The minimum atomic E-state index is 0.150. The highest BCUT2D eigenvalue weighted by atomic mass is 32.2. The molecule has 0 unspecified atom stereocenters. The second-order valence-electron chi connectivity index (χ2n) is 4.27. The van der Waals surface area contributed by atoms with Gasteiger partial charge in [0.05, 0.1) is 5.75 Å². The van der Waals surface area contributed by atoms with E-state index in [0.29, 0.717) is 11.8 Å². The summed E-state index contributed by atoms with van der Waals surface area (Å²) < 4.78 is 0. The van der Waals surface area contributed by atoms with Crippen molar-refractivity contribution in [3.8, 4) is 0 Å². The van der Waals surface area contributed by atoms with E-state index in [0.717, 1.165) is 19.4 Å². The van der Waals surface area contributed by atoms with E-state index in [1.807, 2.05) is 19.2 Å². The normalized spacial score (nSPS) is 14.6. The SMILES string of the molecule is CNCc1ccccc1SCC(=O)NC1CC1. The number of hydrogen-bond acceptors (Lipinski definition) is 3. The topological polar surface area (TPSA) is 41.1 Å². The molecule has 0 aromatic heterocycles. The summed E-state index contributed by atoms with van der Waals surface area (Å²) >= 11 is 1.61. The Balaban J connectivity index is 1.86. The van der Waals surface area contributed by atoms with Gasteiger partial charge in [0.2, 0.25) is 5.91 Å². The van der Waals surface area contributed by atoms with E-state index >= 15 is 0 Å². The minimum absolute atomic E-state index is 0.150. The molecule has 17 heavy (non-hydrogen) atoms. The number of amides is 1. The van der Waals surface area contributed by atoms with Crippen molar-refractivity contribution in [2.45, 2.75) is 30.3 Å². The van der Waals surface area contributed by atoms with Gasteiger partial charge in [-0.25, -0.2) is 0 Å². The van der Waals surface area contributed by atoms with Gasteiger partial charge in [0, 0.05) is 17.5 Å². The van der Waals surface area contributed by atoms with Crippen LogP contribution in [0.4, 0.5) is 0 Å². The average Bonchev–Trinajstić information content (AvgIpc) is 3.12. The lowest BCUT2D eigenvalue weighted by Gasteiger charge is -2.08. The summed E-state index contributed by atoms with van der Waals surface area (Å²) in [5.41, 5.74) is 1.25. The van der Waals surface area contributed by atoms with Gasteiger partial charge < -0.3 is 10.6 Å². The van der Waals surface area contributed by atoms with Crippen LogP contribution in [0.5, 0.6) is 0 Å². The van der Waals surface area contributed by atoms with Crippen molar-refractivity contribution in [1.82, 2.24) is 10.6 Å². The van der Waals surface area contributed by atoms with Crippen LogP contribution in [0, 0.1) is 0 Å². The number of nitrogens with one attached hydrogen (secondary N) is 2. The molecule has 0 heterocycles. The van der Waals surface area contributed by atoms with Crippen LogP contribution in [0.15, 0.2) is 29.2 Å². The van der Waals surface area contributed by atoms with Crippen LogP contribution in [0.2, 0.25) is 0 Å². The number of carbonyl (C=O) groups excluding carboxylic acids is 1.